The van der Waals surface area contributed by atoms with Crippen LogP contribution in [0.4, 0.5) is 0 Å². The number of nitrogens with zero attached hydrogens (tertiary/aromatic N) is 1. The molecule has 1 fully saturated rings. The molecule has 0 spiro atoms. The molecular formula is C22H21N3O7S2. The Bertz CT molecular complexity index is 1290. The highest BCUT2D eigenvalue weighted by Gasteiger charge is 2.33. The number of rotatable bonds is 8. The summed E-state index contributed by atoms with van der Waals surface area (Å²) in [5.41, 5.74) is 3.50. The zero-order valence-electron chi connectivity index (χ0n) is 17.8. The van der Waals surface area contributed by atoms with Crippen LogP contribution in [-0.2, 0) is 29.1 Å². The van der Waals surface area contributed by atoms with Crippen LogP contribution in [0.2, 0.25) is 0 Å². The average Bonchev–Trinajstić information content (AvgIpc) is 3.58. The van der Waals surface area contributed by atoms with E-state index in [2.05, 4.69) is 15.2 Å². The molecule has 0 bridgehead atoms. The van der Waals surface area contributed by atoms with Gasteiger partial charge in [-0.25, -0.2) is 22.9 Å². The van der Waals surface area contributed by atoms with Crippen LogP contribution in [0.1, 0.15) is 19.3 Å². The molecule has 5 rings (SSSR count). The van der Waals surface area contributed by atoms with Gasteiger partial charge in [0.25, 0.3) is 5.19 Å². The van der Waals surface area contributed by atoms with Crippen LogP contribution in [0.15, 0.2) is 65.4 Å². The molecule has 178 valence electrons. The van der Waals surface area contributed by atoms with Crippen molar-refractivity contribution in [2.75, 3.05) is 6.79 Å². The molecule has 2 aromatic carbocycles. The van der Waals surface area contributed by atoms with Crippen LogP contribution in [0.25, 0.3) is 10.2 Å². The molecule has 0 saturated heterocycles. The first-order valence-corrected chi connectivity index (χ1v) is 12.8. The third-order valence-electron chi connectivity index (χ3n) is 5.41. The molecule has 0 radical (unpaired) electrons. The maximum absolute atomic E-state index is 12.9. The number of fused-ring (bicyclic) bond motifs is 1. The number of benzene rings is 2. The van der Waals surface area contributed by atoms with Crippen molar-refractivity contribution in [3.63, 3.8) is 0 Å². The van der Waals surface area contributed by atoms with Gasteiger partial charge in [0, 0.05) is 6.04 Å². The van der Waals surface area contributed by atoms with E-state index in [1.807, 2.05) is 24.3 Å². The minimum Gasteiger partial charge on any atom is -0.461 e. The Morgan fingerprint density at radius 1 is 1.09 bits per heavy atom. The predicted molar refractivity (Wildman–Crippen MR) is 122 cm³/mol. The van der Waals surface area contributed by atoms with Crippen molar-refractivity contribution < 1.29 is 32.3 Å². The number of ether oxygens (including phenoxy) is 3. The molecule has 0 amide bonds. The molecule has 1 aromatic heterocycles. The lowest BCUT2D eigenvalue weighted by Crippen LogP contribution is -2.47. The van der Waals surface area contributed by atoms with Gasteiger partial charge in [-0.05, 0) is 49.2 Å². The summed E-state index contributed by atoms with van der Waals surface area (Å²) in [5.74, 6) is -0.289. The Kier molecular flexibility index (Phi) is 6.37. The second kappa shape index (κ2) is 9.58. The van der Waals surface area contributed by atoms with Crippen molar-refractivity contribution in [3.8, 4) is 10.9 Å². The molecule has 2 heterocycles. The Morgan fingerprint density at radius 3 is 2.65 bits per heavy atom. The van der Waals surface area contributed by atoms with E-state index in [1.165, 1.54) is 29.7 Å². The number of carbonyl (C=O) groups excluding carboxylic acids is 1. The van der Waals surface area contributed by atoms with Gasteiger partial charge in [-0.3, -0.25) is 0 Å². The Balaban J connectivity index is 1.20. The molecule has 10 nitrogen and oxygen atoms in total. The molecule has 2 atom stereocenters. The van der Waals surface area contributed by atoms with Crippen LogP contribution in [0.3, 0.4) is 0 Å². The highest BCUT2D eigenvalue weighted by molar-refractivity contribution is 7.89. The Labute approximate surface area is 199 Å². The summed E-state index contributed by atoms with van der Waals surface area (Å²) in [5, 5.41) is 0.481. The van der Waals surface area contributed by atoms with E-state index in [1.54, 1.807) is 12.1 Å². The van der Waals surface area contributed by atoms with Crippen molar-refractivity contribution >= 4 is 37.5 Å². The lowest BCUT2D eigenvalue weighted by atomic mass is 10.2. The number of hydrogen-bond acceptors (Lipinski definition) is 10. The number of nitrogens with one attached hydrogen (secondary N) is 2. The first-order valence-electron chi connectivity index (χ1n) is 10.5. The summed E-state index contributed by atoms with van der Waals surface area (Å²) in [7, 11) is -3.80. The summed E-state index contributed by atoms with van der Waals surface area (Å²) in [6.45, 7) is -0.0410. The van der Waals surface area contributed by atoms with Crippen LogP contribution in [0, 0.1) is 0 Å². The lowest BCUT2D eigenvalue weighted by Gasteiger charge is -2.21. The van der Waals surface area contributed by atoms with Crippen LogP contribution < -0.4 is 14.9 Å². The van der Waals surface area contributed by atoms with E-state index in [0.717, 1.165) is 16.6 Å². The zero-order chi connectivity index (χ0) is 23.5. The number of hydrogen-bond donors (Lipinski definition) is 2. The number of thiazole rings is 1. The third kappa shape index (κ3) is 4.99. The van der Waals surface area contributed by atoms with Gasteiger partial charge in [-0.1, -0.05) is 29.9 Å². The molecule has 2 aliphatic rings. The van der Waals surface area contributed by atoms with E-state index in [9.17, 15) is 13.2 Å². The quantitative estimate of drug-likeness (QED) is 0.446. The average molecular weight is 504 g/mol. The predicted octanol–water partition coefficient (Wildman–Crippen LogP) is 3.18. The third-order valence-corrected chi connectivity index (χ3v) is 7.83. The largest absolute Gasteiger partial charge is 0.461 e. The summed E-state index contributed by atoms with van der Waals surface area (Å²) in [4.78, 5) is 21.5. The highest BCUT2D eigenvalue weighted by atomic mass is 32.2. The first kappa shape index (κ1) is 22.6. The summed E-state index contributed by atoms with van der Waals surface area (Å²) >= 11 is 1.41. The van der Waals surface area contributed by atoms with Crippen molar-refractivity contribution in [1.82, 2.24) is 15.2 Å². The smallest absolute Gasteiger partial charge is 0.395 e. The van der Waals surface area contributed by atoms with E-state index in [-0.39, 0.29) is 23.5 Å². The molecule has 34 heavy (non-hydrogen) atoms. The van der Waals surface area contributed by atoms with E-state index < -0.39 is 22.0 Å². The highest BCUT2D eigenvalue weighted by Crippen LogP contribution is 2.31. The number of para-hydroxylation sites is 1. The van der Waals surface area contributed by atoms with Gasteiger partial charge in [0.1, 0.15) is 12.0 Å². The summed E-state index contributed by atoms with van der Waals surface area (Å²) in [6, 6.07) is 13.0. The van der Waals surface area contributed by atoms with Gasteiger partial charge in [0.2, 0.25) is 22.6 Å². The second-order valence-electron chi connectivity index (χ2n) is 7.70. The summed E-state index contributed by atoms with van der Waals surface area (Å²) < 4.78 is 45.1. The topological polar surface area (TPSA) is 125 Å². The fourth-order valence-electron chi connectivity index (χ4n) is 3.72. The van der Waals surface area contributed by atoms with Crippen molar-refractivity contribution in [1.29, 1.82) is 0 Å². The van der Waals surface area contributed by atoms with Gasteiger partial charge in [-0.15, -0.1) is 5.48 Å². The van der Waals surface area contributed by atoms with E-state index in [0.29, 0.717) is 23.8 Å². The minimum absolute atomic E-state index is 0.0410. The van der Waals surface area contributed by atoms with Crippen molar-refractivity contribution in [3.05, 3.63) is 60.6 Å². The number of hydroxylamine groups is 1. The maximum Gasteiger partial charge on any atom is 0.395 e. The zero-order valence-corrected chi connectivity index (χ0v) is 19.4. The Morgan fingerprint density at radius 2 is 1.88 bits per heavy atom. The van der Waals surface area contributed by atoms with E-state index >= 15 is 0 Å². The lowest BCUT2D eigenvalue weighted by molar-refractivity contribution is -0.152. The number of aromatic nitrogens is 1. The number of carbonyl (C=O) groups is 1. The van der Waals surface area contributed by atoms with Gasteiger partial charge in [-0.2, -0.15) is 0 Å². The van der Waals surface area contributed by atoms with Gasteiger partial charge < -0.3 is 19.0 Å². The van der Waals surface area contributed by atoms with Crippen molar-refractivity contribution in [2.24, 2.45) is 0 Å². The molecule has 12 heteroatoms. The maximum atomic E-state index is 12.9. The molecule has 2 unspecified atom stereocenters. The number of sulfonamides is 1. The molecule has 3 aromatic rings. The molecule has 1 aliphatic carbocycles. The van der Waals surface area contributed by atoms with Crippen LogP contribution >= 0.6 is 11.3 Å². The molecule has 1 saturated carbocycles. The Hall–Kier alpha value is -3.19. The van der Waals surface area contributed by atoms with E-state index in [4.69, 9.17) is 19.0 Å². The standard InChI is InChI=1S/C22H21N3O7S2/c26-21(19-12-29-13-30-19)32-24-16-5-3-6-17(16)25-34(27,28)15-10-8-14(9-11-15)31-22-23-18-4-1-2-7-20(18)33-22/h1-2,4,7-12,16-17,24-25H,3,5-6,13H2. The van der Waals surface area contributed by atoms with Gasteiger partial charge >= 0.3 is 5.97 Å². The van der Waals surface area contributed by atoms with Gasteiger partial charge in [0.05, 0.1) is 21.2 Å². The SMILES string of the molecule is O=C(ONC1CCCC1NS(=O)(=O)c1ccc(Oc2nc3ccccc3s2)cc1)C1=COCO1. The summed E-state index contributed by atoms with van der Waals surface area (Å²) in [6.07, 6.45) is 3.20. The second-order valence-corrected chi connectivity index (χ2v) is 10.4. The molecule has 1 aliphatic heterocycles. The van der Waals surface area contributed by atoms with Crippen molar-refractivity contribution in [2.45, 2.75) is 36.2 Å². The van der Waals surface area contributed by atoms with Gasteiger partial charge in [0.15, 0.2) is 0 Å². The first-order chi connectivity index (χ1) is 16.5. The molecular weight excluding hydrogens is 482 g/mol. The fraction of sp³-hybridized carbons (Fsp3) is 0.273. The fourth-order valence-corrected chi connectivity index (χ4v) is 5.87. The van der Waals surface area contributed by atoms with Crippen LogP contribution in [-0.4, -0.2) is 38.2 Å². The van der Waals surface area contributed by atoms with Crippen LogP contribution in [0.5, 0.6) is 10.9 Å². The minimum atomic E-state index is -3.80. The monoisotopic (exact) mass is 503 g/mol. The normalized spacial score (nSPS) is 19.9. The molecule has 2 N–H and O–H groups in total.